The minimum Gasteiger partial charge on any atom is -0.480 e. The number of halogens is 1. The summed E-state index contributed by atoms with van der Waals surface area (Å²) >= 11 is 2.66. The van der Waals surface area contributed by atoms with Gasteiger partial charge in [-0.05, 0) is 6.42 Å². The molecular weight excluding hydrogens is 253 g/mol. The Morgan fingerprint density at radius 2 is 2.00 bits per heavy atom. The van der Waals surface area contributed by atoms with E-state index in [9.17, 15) is 9.36 Å². The first-order valence-electron chi connectivity index (χ1n) is 2.93. The Bertz CT molecular complexity index is 215. The van der Waals surface area contributed by atoms with Gasteiger partial charge in [-0.3, -0.25) is 9.36 Å². The van der Waals surface area contributed by atoms with Crippen molar-refractivity contribution in [3.63, 3.8) is 0 Å². The molecule has 0 spiro atoms. The van der Waals surface area contributed by atoms with Crippen molar-refractivity contribution in [3.8, 4) is 0 Å². The molecule has 0 radical (unpaired) electrons. The van der Waals surface area contributed by atoms with Crippen LogP contribution in [-0.4, -0.2) is 31.5 Å². The lowest BCUT2D eigenvalue weighted by Crippen LogP contribution is -2.32. The molecule has 0 rings (SSSR count). The molecule has 6 nitrogen and oxygen atoms in total. The van der Waals surface area contributed by atoms with E-state index < -0.39 is 24.2 Å². The molecule has 0 aliphatic carbocycles. The Hall–Kier alpha value is 0.0600. The summed E-state index contributed by atoms with van der Waals surface area (Å²) in [6.45, 7) is 0. The third-order valence-corrected chi connectivity index (χ3v) is 4.05. The summed E-state index contributed by atoms with van der Waals surface area (Å²) in [7, 11) is -4.28. The van der Waals surface area contributed by atoms with E-state index in [2.05, 4.69) is 15.9 Å². The van der Waals surface area contributed by atoms with Crippen molar-refractivity contribution in [3.05, 3.63) is 0 Å². The number of hydrogen-bond acceptors (Lipinski definition) is 3. The van der Waals surface area contributed by atoms with E-state index in [1.807, 2.05) is 0 Å². The number of hydrogen-bond donors (Lipinski definition) is 4. The standard InChI is InChI=1S/C4H9BrNO5P/c5-3(12(9,10)11)1-2(6)4(7)8/h2-3H,1,6H2,(H,7,8)(H2,9,10,11). The average molecular weight is 262 g/mol. The number of alkyl halides is 1. The second kappa shape index (κ2) is 4.34. The minimum absolute atomic E-state index is 0.306. The van der Waals surface area contributed by atoms with Crippen molar-refractivity contribution in [1.82, 2.24) is 0 Å². The monoisotopic (exact) mass is 261 g/mol. The Morgan fingerprint density at radius 1 is 1.58 bits per heavy atom. The summed E-state index contributed by atoms with van der Waals surface area (Å²) < 4.78 is 9.29. The lowest BCUT2D eigenvalue weighted by atomic mass is 10.2. The molecule has 0 aliphatic rings. The van der Waals surface area contributed by atoms with Gasteiger partial charge in [0.25, 0.3) is 0 Å². The predicted octanol–water partition coefficient (Wildman–Crippen LogP) is -0.313. The van der Waals surface area contributed by atoms with Crippen LogP contribution in [0.25, 0.3) is 0 Å². The molecule has 0 aromatic heterocycles. The van der Waals surface area contributed by atoms with Gasteiger partial charge in [-0.25, -0.2) is 0 Å². The lowest BCUT2D eigenvalue weighted by molar-refractivity contribution is -0.138. The van der Waals surface area contributed by atoms with E-state index in [0.29, 0.717) is 0 Å². The maximum atomic E-state index is 10.5. The number of carboxylic acid groups (broad SMARTS) is 1. The van der Waals surface area contributed by atoms with E-state index >= 15 is 0 Å². The van der Waals surface area contributed by atoms with Crippen LogP contribution >= 0.6 is 23.5 Å². The molecular formula is C4H9BrNO5P. The van der Waals surface area contributed by atoms with Crippen molar-refractivity contribution in [2.24, 2.45) is 5.73 Å². The zero-order valence-corrected chi connectivity index (χ0v) is 8.40. The van der Waals surface area contributed by atoms with Crippen LogP contribution in [0, 0.1) is 0 Å². The van der Waals surface area contributed by atoms with Crippen molar-refractivity contribution >= 4 is 29.5 Å². The smallest absolute Gasteiger partial charge is 0.339 e. The van der Waals surface area contributed by atoms with Crippen LogP contribution in [0.2, 0.25) is 0 Å². The second-order valence-electron chi connectivity index (χ2n) is 2.20. The Balaban J connectivity index is 4.11. The third kappa shape index (κ3) is 4.18. The number of nitrogens with two attached hydrogens (primary N) is 1. The molecule has 0 amide bonds. The lowest BCUT2D eigenvalue weighted by Gasteiger charge is -2.13. The first kappa shape index (κ1) is 12.1. The molecule has 0 aliphatic heterocycles. The highest BCUT2D eigenvalue weighted by Crippen LogP contribution is 2.46. The van der Waals surface area contributed by atoms with Crippen LogP contribution in [0.15, 0.2) is 0 Å². The molecule has 2 atom stereocenters. The Labute approximate surface area is 77.0 Å². The second-order valence-corrected chi connectivity index (χ2v) is 5.82. The maximum Gasteiger partial charge on any atom is 0.339 e. The van der Waals surface area contributed by atoms with Gasteiger partial charge in [0.2, 0.25) is 0 Å². The molecule has 0 fully saturated rings. The molecule has 0 saturated carbocycles. The summed E-state index contributed by atoms with van der Waals surface area (Å²) in [5, 5.41) is 8.30. The molecule has 0 aromatic rings. The zero-order valence-electron chi connectivity index (χ0n) is 5.92. The first-order valence-corrected chi connectivity index (χ1v) is 5.52. The molecule has 8 heteroatoms. The largest absolute Gasteiger partial charge is 0.480 e. The normalized spacial score (nSPS) is 17.0. The van der Waals surface area contributed by atoms with Crippen molar-refractivity contribution < 1.29 is 24.3 Å². The number of aliphatic carboxylic acids is 1. The van der Waals surface area contributed by atoms with Crippen LogP contribution in [-0.2, 0) is 9.36 Å². The van der Waals surface area contributed by atoms with Gasteiger partial charge in [0.1, 0.15) is 10.6 Å². The zero-order chi connectivity index (χ0) is 9.94. The Kier molecular flexibility index (Phi) is 4.36. The fraction of sp³-hybridized carbons (Fsp3) is 0.750. The molecule has 12 heavy (non-hydrogen) atoms. The van der Waals surface area contributed by atoms with Crippen molar-refractivity contribution in [2.45, 2.75) is 17.0 Å². The van der Waals surface area contributed by atoms with E-state index in [1.54, 1.807) is 0 Å². The summed E-state index contributed by atoms with van der Waals surface area (Å²) in [5.41, 5.74) is 5.04. The highest BCUT2D eigenvalue weighted by Gasteiger charge is 2.29. The van der Waals surface area contributed by atoms with Gasteiger partial charge in [-0.2, -0.15) is 0 Å². The van der Waals surface area contributed by atoms with Crippen molar-refractivity contribution in [1.29, 1.82) is 0 Å². The number of carboxylic acids is 1. The van der Waals surface area contributed by atoms with Crippen LogP contribution in [0.4, 0.5) is 0 Å². The SMILES string of the molecule is NC(CC(Br)P(=O)(O)O)C(=O)O. The molecule has 0 heterocycles. The highest BCUT2D eigenvalue weighted by molar-refractivity contribution is 9.10. The first-order chi connectivity index (χ1) is 5.25. The van der Waals surface area contributed by atoms with Gasteiger partial charge in [-0.1, -0.05) is 15.9 Å². The Morgan fingerprint density at radius 3 is 2.25 bits per heavy atom. The summed E-state index contributed by atoms with van der Waals surface area (Å²) in [4.78, 5) is 27.2. The van der Waals surface area contributed by atoms with Crippen LogP contribution in [0.3, 0.4) is 0 Å². The highest BCUT2D eigenvalue weighted by atomic mass is 79.9. The molecule has 0 aromatic carbocycles. The maximum absolute atomic E-state index is 10.5. The van der Waals surface area contributed by atoms with Gasteiger partial charge in [0.05, 0.1) is 0 Å². The van der Waals surface area contributed by atoms with E-state index in [4.69, 9.17) is 20.6 Å². The third-order valence-electron chi connectivity index (χ3n) is 1.13. The fourth-order valence-electron chi connectivity index (χ4n) is 0.448. The van der Waals surface area contributed by atoms with Crippen LogP contribution < -0.4 is 5.73 Å². The molecule has 5 N–H and O–H groups in total. The van der Waals surface area contributed by atoms with Gasteiger partial charge in [0.15, 0.2) is 0 Å². The van der Waals surface area contributed by atoms with Crippen LogP contribution in [0.1, 0.15) is 6.42 Å². The number of carbonyl (C=O) groups is 1. The summed E-state index contributed by atoms with van der Waals surface area (Å²) in [6, 6.07) is -1.26. The molecule has 0 bridgehead atoms. The van der Waals surface area contributed by atoms with E-state index in [1.165, 1.54) is 0 Å². The average Bonchev–Trinajstić information content (AvgIpc) is 1.85. The van der Waals surface area contributed by atoms with Gasteiger partial charge >= 0.3 is 13.6 Å². The van der Waals surface area contributed by atoms with Crippen molar-refractivity contribution in [2.75, 3.05) is 0 Å². The van der Waals surface area contributed by atoms with E-state index in [0.717, 1.165) is 0 Å². The van der Waals surface area contributed by atoms with Gasteiger partial charge in [0, 0.05) is 0 Å². The minimum atomic E-state index is -4.28. The molecule has 72 valence electrons. The number of rotatable bonds is 4. The molecule has 0 saturated heterocycles. The predicted molar refractivity (Wildman–Crippen MR) is 45.0 cm³/mol. The van der Waals surface area contributed by atoms with E-state index in [-0.39, 0.29) is 6.42 Å². The van der Waals surface area contributed by atoms with Gasteiger partial charge < -0.3 is 20.6 Å². The molecule has 2 unspecified atom stereocenters. The van der Waals surface area contributed by atoms with Gasteiger partial charge in [-0.15, -0.1) is 0 Å². The topological polar surface area (TPSA) is 121 Å². The summed E-state index contributed by atoms with van der Waals surface area (Å²) in [6.07, 6.45) is -0.306. The summed E-state index contributed by atoms with van der Waals surface area (Å²) in [5.74, 6) is -1.28. The quantitative estimate of drug-likeness (QED) is 0.407. The van der Waals surface area contributed by atoms with Crippen LogP contribution in [0.5, 0.6) is 0 Å². The fourth-order valence-corrected chi connectivity index (χ4v) is 1.35.